The molecule has 1 N–H and O–H groups in total. The molecular formula is C11H13ClF3N3. The van der Waals surface area contributed by atoms with Gasteiger partial charge in [0.2, 0.25) is 5.28 Å². The molecule has 3 nitrogen and oxygen atoms in total. The molecule has 0 saturated heterocycles. The van der Waals surface area contributed by atoms with Gasteiger partial charge in [0, 0.05) is 11.6 Å². The zero-order chi connectivity index (χ0) is 13.6. The van der Waals surface area contributed by atoms with Crippen molar-refractivity contribution in [1.82, 2.24) is 9.97 Å². The van der Waals surface area contributed by atoms with E-state index >= 15 is 0 Å². The maximum absolute atomic E-state index is 12.6. The van der Waals surface area contributed by atoms with E-state index in [1.165, 1.54) is 0 Å². The van der Waals surface area contributed by atoms with Gasteiger partial charge < -0.3 is 5.32 Å². The van der Waals surface area contributed by atoms with Gasteiger partial charge >= 0.3 is 6.18 Å². The maximum atomic E-state index is 12.6. The number of nitrogens with one attached hydrogen (secondary N) is 1. The molecule has 0 amide bonds. The Morgan fingerprint density at radius 2 is 1.89 bits per heavy atom. The smallest absolute Gasteiger partial charge is 0.365 e. The van der Waals surface area contributed by atoms with E-state index in [1.54, 1.807) is 0 Å². The normalized spacial score (nSPS) is 16.8. The van der Waals surface area contributed by atoms with E-state index in [0.29, 0.717) is 5.92 Å². The van der Waals surface area contributed by atoms with Crippen LogP contribution in [-0.2, 0) is 6.18 Å². The number of rotatable bonds is 3. The Balaban J connectivity index is 2.25. The van der Waals surface area contributed by atoms with Gasteiger partial charge in [-0.1, -0.05) is 0 Å². The fourth-order valence-electron chi connectivity index (χ4n) is 1.86. The van der Waals surface area contributed by atoms with E-state index in [2.05, 4.69) is 15.3 Å². The Bertz CT molecular complexity index is 455. The van der Waals surface area contributed by atoms with Crippen LogP contribution in [-0.4, -0.2) is 15.5 Å². The summed E-state index contributed by atoms with van der Waals surface area (Å²) in [4.78, 5) is 6.97. The highest BCUT2D eigenvalue weighted by atomic mass is 35.5. The first-order chi connectivity index (χ1) is 8.18. The third-order valence-electron chi connectivity index (χ3n) is 3.04. The van der Waals surface area contributed by atoms with Crippen LogP contribution in [0, 0.1) is 5.92 Å². The third-order valence-corrected chi connectivity index (χ3v) is 3.21. The molecule has 1 aliphatic carbocycles. The average Bonchev–Trinajstić information content (AvgIpc) is 2.96. The molecule has 0 bridgehead atoms. The van der Waals surface area contributed by atoms with Gasteiger partial charge in [0.1, 0.15) is 5.82 Å². The Kier molecular flexibility index (Phi) is 3.17. The summed E-state index contributed by atoms with van der Waals surface area (Å²) in [5, 5.41) is 2.59. The highest BCUT2D eigenvalue weighted by Gasteiger charge is 2.39. The molecule has 1 aromatic heterocycles. The van der Waals surface area contributed by atoms with Crippen LogP contribution >= 0.6 is 11.6 Å². The van der Waals surface area contributed by atoms with E-state index in [0.717, 1.165) is 18.9 Å². The van der Waals surface area contributed by atoms with Gasteiger partial charge in [-0.25, -0.2) is 9.97 Å². The lowest BCUT2D eigenvalue weighted by molar-refractivity contribution is -0.141. The minimum absolute atomic E-state index is 0.110. The monoisotopic (exact) mass is 279 g/mol. The Morgan fingerprint density at radius 3 is 2.39 bits per heavy atom. The summed E-state index contributed by atoms with van der Waals surface area (Å²) in [6.07, 6.45) is -2.37. The molecule has 1 fully saturated rings. The number of hydrogen-bond acceptors (Lipinski definition) is 3. The molecule has 7 heteroatoms. The van der Waals surface area contributed by atoms with Crippen LogP contribution < -0.4 is 5.32 Å². The lowest BCUT2D eigenvalue weighted by Gasteiger charge is -2.27. The number of alkyl halides is 3. The van der Waals surface area contributed by atoms with Crippen molar-refractivity contribution in [1.29, 1.82) is 0 Å². The Labute approximate surface area is 108 Å². The topological polar surface area (TPSA) is 37.8 Å². The predicted octanol–water partition coefficient (Wildman–Crippen LogP) is 3.75. The summed E-state index contributed by atoms with van der Waals surface area (Å²) in [6.45, 7) is 3.88. The summed E-state index contributed by atoms with van der Waals surface area (Å²) in [5.41, 5.74) is -1.32. The lowest BCUT2D eigenvalue weighted by atomic mass is 9.99. The molecule has 0 aromatic carbocycles. The van der Waals surface area contributed by atoms with Gasteiger partial charge in [-0.2, -0.15) is 13.2 Å². The number of aromatic nitrogens is 2. The summed E-state index contributed by atoms with van der Waals surface area (Å²) < 4.78 is 37.7. The Hall–Kier alpha value is -1.04. The number of halogens is 4. The van der Waals surface area contributed by atoms with Gasteiger partial charge in [-0.05, 0) is 44.2 Å². The second-order valence-corrected chi connectivity index (χ2v) is 5.36. The van der Waals surface area contributed by atoms with Crippen molar-refractivity contribution in [3.05, 3.63) is 17.0 Å². The molecule has 1 heterocycles. The van der Waals surface area contributed by atoms with Gasteiger partial charge in [0.25, 0.3) is 0 Å². The summed E-state index contributed by atoms with van der Waals surface area (Å²) in [6, 6.07) is 0.885. The third kappa shape index (κ3) is 3.04. The summed E-state index contributed by atoms with van der Waals surface area (Å²) in [5.74, 6) is 0.569. The van der Waals surface area contributed by atoms with Crippen LogP contribution in [0.5, 0.6) is 0 Å². The first-order valence-electron chi connectivity index (χ1n) is 5.58. The van der Waals surface area contributed by atoms with E-state index in [9.17, 15) is 13.2 Å². The van der Waals surface area contributed by atoms with Crippen LogP contribution in [0.25, 0.3) is 0 Å². The number of nitrogens with zero attached hydrogens (tertiary/aromatic N) is 2. The zero-order valence-electron chi connectivity index (χ0n) is 9.98. The molecule has 1 saturated carbocycles. The largest absolute Gasteiger partial charge is 0.433 e. The molecule has 0 atom stereocenters. The minimum Gasteiger partial charge on any atom is -0.365 e. The van der Waals surface area contributed by atoms with Gasteiger partial charge in [-0.15, -0.1) is 0 Å². The molecule has 18 heavy (non-hydrogen) atoms. The van der Waals surface area contributed by atoms with Crippen molar-refractivity contribution in [2.75, 3.05) is 5.32 Å². The summed E-state index contributed by atoms with van der Waals surface area (Å²) in [7, 11) is 0. The van der Waals surface area contributed by atoms with Crippen LogP contribution in [0.2, 0.25) is 5.28 Å². The molecule has 0 unspecified atom stereocenters. The number of anilines is 1. The molecular weight excluding hydrogens is 267 g/mol. The fourth-order valence-corrected chi connectivity index (χ4v) is 2.05. The van der Waals surface area contributed by atoms with Crippen LogP contribution in [0.1, 0.15) is 32.4 Å². The molecule has 2 rings (SSSR count). The molecule has 0 aliphatic heterocycles. The van der Waals surface area contributed by atoms with Crippen LogP contribution in [0.15, 0.2) is 6.07 Å². The highest BCUT2D eigenvalue weighted by molar-refractivity contribution is 6.28. The molecule has 0 spiro atoms. The highest BCUT2D eigenvalue weighted by Crippen LogP contribution is 2.41. The van der Waals surface area contributed by atoms with Crippen molar-refractivity contribution >= 4 is 17.4 Å². The van der Waals surface area contributed by atoms with E-state index < -0.39 is 17.2 Å². The fraction of sp³-hybridized carbons (Fsp3) is 0.636. The van der Waals surface area contributed by atoms with Gasteiger partial charge in [0.15, 0.2) is 5.69 Å². The number of hydrogen-bond donors (Lipinski definition) is 1. The standard InChI is InChI=1S/C11H13ClF3N3/c1-10(2,6-3-4-6)18-8-5-7(11(13,14)15)16-9(12)17-8/h5-6H,3-4H2,1-2H3,(H,16,17,18). The van der Waals surface area contributed by atoms with Gasteiger partial charge in [-0.3, -0.25) is 0 Å². The molecule has 0 radical (unpaired) electrons. The van der Waals surface area contributed by atoms with Crippen molar-refractivity contribution in [3.8, 4) is 0 Å². The quantitative estimate of drug-likeness (QED) is 0.856. The minimum atomic E-state index is -4.52. The van der Waals surface area contributed by atoms with E-state index in [-0.39, 0.29) is 11.4 Å². The van der Waals surface area contributed by atoms with Crippen molar-refractivity contribution < 1.29 is 13.2 Å². The second-order valence-electron chi connectivity index (χ2n) is 5.03. The van der Waals surface area contributed by atoms with Crippen molar-refractivity contribution in [2.24, 2.45) is 5.92 Å². The van der Waals surface area contributed by atoms with E-state index in [1.807, 2.05) is 13.8 Å². The maximum Gasteiger partial charge on any atom is 0.433 e. The predicted molar refractivity (Wildman–Crippen MR) is 62.5 cm³/mol. The van der Waals surface area contributed by atoms with Gasteiger partial charge in [0.05, 0.1) is 0 Å². The first-order valence-corrected chi connectivity index (χ1v) is 5.96. The second kappa shape index (κ2) is 4.26. The molecule has 1 aliphatic rings. The van der Waals surface area contributed by atoms with Crippen LogP contribution in [0.3, 0.4) is 0 Å². The van der Waals surface area contributed by atoms with E-state index in [4.69, 9.17) is 11.6 Å². The summed E-state index contributed by atoms with van der Waals surface area (Å²) >= 11 is 5.52. The van der Waals surface area contributed by atoms with Crippen molar-refractivity contribution in [3.63, 3.8) is 0 Å². The lowest BCUT2D eigenvalue weighted by Crippen LogP contribution is -2.34. The zero-order valence-corrected chi connectivity index (χ0v) is 10.7. The molecule has 1 aromatic rings. The Morgan fingerprint density at radius 1 is 1.28 bits per heavy atom. The first kappa shape index (κ1) is 13.4. The van der Waals surface area contributed by atoms with Crippen molar-refractivity contribution in [2.45, 2.75) is 38.4 Å². The average molecular weight is 280 g/mol. The molecule has 100 valence electrons. The van der Waals surface area contributed by atoms with Crippen LogP contribution in [0.4, 0.5) is 19.0 Å². The SMILES string of the molecule is CC(C)(Nc1cc(C(F)(F)F)nc(Cl)n1)C1CC1.